The summed E-state index contributed by atoms with van der Waals surface area (Å²) in [5.74, 6) is 0.399. The Morgan fingerprint density at radius 1 is 1.42 bits per heavy atom. The van der Waals surface area contributed by atoms with Crippen LogP contribution in [-0.4, -0.2) is 32.5 Å². The summed E-state index contributed by atoms with van der Waals surface area (Å²) in [4.78, 5) is 0. The summed E-state index contributed by atoms with van der Waals surface area (Å²) in [6, 6.07) is 0. The molecule has 4 heteroatoms. The Kier molecular flexibility index (Phi) is 1.74. The second kappa shape index (κ2) is 2.45. The molecular formula is C8H15NO2S. The van der Waals surface area contributed by atoms with Gasteiger partial charge in [-0.15, -0.1) is 0 Å². The molecule has 2 saturated heterocycles. The maximum Gasteiger partial charge on any atom is 0.153 e. The first-order valence-corrected chi connectivity index (χ1v) is 6.21. The summed E-state index contributed by atoms with van der Waals surface area (Å²) < 4.78 is 23.0. The van der Waals surface area contributed by atoms with E-state index in [4.69, 9.17) is 0 Å². The van der Waals surface area contributed by atoms with Crippen molar-refractivity contribution in [2.75, 3.05) is 18.8 Å². The molecule has 3 nitrogen and oxygen atoms in total. The van der Waals surface area contributed by atoms with Gasteiger partial charge in [-0.2, -0.15) is 0 Å². The molecule has 0 radical (unpaired) electrons. The molecule has 0 aromatic rings. The summed E-state index contributed by atoms with van der Waals surface area (Å²) >= 11 is 0. The molecule has 2 fully saturated rings. The summed E-state index contributed by atoms with van der Waals surface area (Å²) in [5, 5.41) is 3.13. The van der Waals surface area contributed by atoms with Gasteiger partial charge >= 0.3 is 0 Å². The molecule has 2 unspecified atom stereocenters. The molecule has 70 valence electrons. The highest BCUT2D eigenvalue weighted by Crippen LogP contribution is 2.43. The first-order valence-electron chi connectivity index (χ1n) is 4.49. The van der Waals surface area contributed by atoms with Crippen LogP contribution in [0.2, 0.25) is 0 Å². The van der Waals surface area contributed by atoms with Gasteiger partial charge in [0.25, 0.3) is 0 Å². The maximum absolute atomic E-state index is 11.5. The summed E-state index contributed by atoms with van der Waals surface area (Å²) in [6.07, 6.45) is 1.90. The van der Waals surface area contributed by atoms with Crippen LogP contribution in [0.5, 0.6) is 0 Å². The average molecular weight is 189 g/mol. The Hall–Kier alpha value is -0.0900. The van der Waals surface area contributed by atoms with Crippen LogP contribution >= 0.6 is 0 Å². The molecule has 0 aromatic heterocycles. The fraction of sp³-hybridized carbons (Fsp3) is 1.00. The van der Waals surface area contributed by atoms with Crippen molar-refractivity contribution in [1.82, 2.24) is 5.32 Å². The van der Waals surface area contributed by atoms with Crippen molar-refractivity contribution in [3.05, 3.63) is 0 Å². The molecule has 0 saturated carbocycles. The lowest BCUT2D eigenvalue weighted by Gasteiger charge is -2.25. The molecule has 0 amide bonds. The van der Waals surface area contributed by atoms with Crippen molar-refractivity contribution < 1.29 is 8.42 Å². The van der Waals surface area contributed by atoms with Gasteiger partial charge in [0.15, 0.2) is 9.84 Å². The highest BCUT2D eigenvalue weighted by atomic mass is 32.2. The van der Waals surface area contributed by atoms with E-state index >= 15 is 0 Å². The Balaban J connectivity index is 2.31. The zero-order valence-electron chi connectivity index (χ0n) is 7.34. The monoisotopic (exact) mass is 189 g/mol. The van der Waals surface area contributed by atoms with E-state index in [-0.39, 0.29) is 10.7 Å². The molecule has 1 N–H and O–H groups in total. The van der Waals surface area contributed by atoms with E-state index in [2.05, 4.69) is 5.32 Å². The molecule has 2 aliphatic heterocycles. The first-order chi connectivity index (χ1) is 5.57. The Bertz CT molecular complexity index is 277. The van der Waals surface area contributed by atoms with Crippen molar-refractivity contribution in [1.29, 1.82) is 0 Å². The molecule has 12 heavy (non-hydrogen) atoms. The molecule has 0 aromatic carbocycles. The largest absolute Gasteiger partial charge is 0.316 e. The van der Waals surface area contributed by atoms with E-state index < -0.39 is 9.84 Å². The van der Waals surface area contributed by atoms with Crippen LogP contribution < -0.4 is 5.32 Å². The van der Waals surface area contributed by atoms with Crippen LogP contribution in [0.3, 0.4) is 0 Å². The molecule has 2 rings (SSSR count). The lowest BCUT2D eigenvalue weighted by molar-refractivity contribution is 0.324. The van der Waals surface area contributed by atoms with Gasteiger partial charge in [-0.25, -0.2) is 8.42 Å². The van der Waals surface area contributed by atoms with Gasteiger partial charge in [0.1, 0.15) is 0 Å². The minimum absolute atomic E-state index is 0.0822. The third-order valence-electron chi connectivity index (χ3n) is 3.56. The second-order valence-electron chi connectivity index (χ2n) is 4.05. The molecule has 0 aliphatic carbocycles. The quantitative estimate of drug-likeness (QED) is 0.591. The van der Waals surface area contributed by atoms with Crippen LogP contribution in [0.15, 0.2) is 0 Å². The number of hydrogen-bond donors (Lipinski definition) is 1. The minimum atomic E-state index is -2.76. The summed E-state index contributed by atoms with van der Waals surface area (Å²) in [7, 11) is -2.76. The van der Waals surface area contributed by atoms with Gasteiger partial charge in [0.05, 0.1) is 11.0 Å². The molecule has 2 heterocycles. The van der Waals surface area contributed by atoms with Crippen molar-refractivity contribution in [2.24, 2.45) is 5.41 Å². The lowest BCUT2D eigenvalue weighted by Crippen LogP contribution is -2.33. The average Bonchev–Trinajstić information content (AvgIpc) is 2.55. The molecule has 2 aliphatic rings. The van der Waals surface area contributed by atoms with E-state index in [0.29, 0.717) is 5.75 Å². The van der Waals surface area contributed by atoms with Gasteiger partial charge < -0.3 is 5.32 Å². The fourth-order valence-corrected chi connectivity index (χ4v) is 4.56. The first kappa shape index (κ1) is 8.51. The molecule has 1 spiro atoms. The van der Waals surface area contributed by atoms with E-state index in [1.54, 1.807) is 0 Å². The molecular weight excluding hydrogens is 174 g/mol. The number of sulfone groups is 1. The topological polar surface area (TPSA) is 46.2 Å². The van der Waals surface area contributed by atoms with Gasteiger partial charge in [-0.05, 0) is 26.3 Å². The maximum atomic E-state index is 11.5. The van der Waals surface area contributed by atoms with Crippen molar-refractivity contribution in [2.45, 2.75) is 25.0 Å². The highest BCUT2D eigenvalue weighted by Gasteiger charge is 2.50. The van der Waals surface area contributed by atoms with Crippen molar-refractivity contribution in [3.8, 4) is 0 Å². The van der Waals surface area contributed by atoms with Crippen LogP contribution in [-0.2, 0) is 9.84 Å². The standard InChI is InChI=1S/C8H15NO2S/c1-7-8(2-4-9-6-8)3-5-12(7,10)11/h7,9H,2-6H2,1H3. The van der Waals surface area contributed by atoms with E-state index in [0.717, 1.165) is 25.9 Å². The Morgan fingerprint density at radius 2 is 2.17 bits per heavy atom. The normalized spacial score (nSPS) is 45.6. The Labute approximate surface area is 73.5 Å². The predicted molar refractivity (Wildman–Crippen MR) is 47.8 cm³/mol. The summed E-state index contributed by atoms with van der Waals surface area (Å²) in [6.45, 7) is 3.75. The van der Waals surface area contributed by atoms with Gasteiger partial charge in [0.2, 0.25) is 0 Å². The van der Waals surface area contributed by atoms with Crippen LogP contribution in [0.1, 0.15) is 19.8 Å². The third kappa shape index (κ3) is 1.01. The number of nitrogens with one attached hydrogen (secondary N) is 1. The third-order valence-corrected chi connectivity index (χ3v) is 5.91. The smallest absolute Gasteiger partial charge is 0.153 e. The van der Waals surface area contributed by atoms with E-state index in [1.807, 2.05) is 6.92 Å². The zero-order chi connectivity index (χ0) is 8.82. The van der Waals surface area contributed by atoms with Crippen molar-refractivity contribution in [3.63, 3.8) is 0 Å². The van der Waals surface area contributed by atoms with Crippen molar-refractivity contribution >= 4 is 9.84 Å². The predicted octanol–water partition coefficient (Wildman–Crippen LogP) is 0.173. The zero-order valence-corrected chi connectivity index (χ0v) is 8.15. The Morgan fingerprint density at radius 3 is 2.58 bits per heavy atom. The molecule has 0 bridgehead atoms. The van der Waals surface area contributed by atoms with Crippen LogP contribution in [0.25, 0.3) is 0 Å². The van der Waals surface area contributed by atoms with Gasteiger partial charge in [-0.1, -0.05) is 0 Å². The van der Waals surface area contributed by atoms with E-state index in [1.165, 1.54) is 0 Å². The van der Waals surface area contributed by atoms with Crippen LogP contribution in [0.4, 0.5) is 0 Å². The van der Waals surface area contributed by atoms with Gasteiger partial charge in [0, 0.05) is 12.0 Å². The fourth-order valence-electron chi connectivity index (χ4n) is 2.43. The number of rotatable bonds is 0. The molecule has 2 atom stereocenters. The second-order valence-corrected chi connectivity index (χ2v) is 6.49. The minimum Gasteiger partial charge on any atom is -0.316 e. The SMILES string of the molecule is CC1C2(CCNC2)CCS1(=O)=O. The van der Waals surface area contributed by atoms with Crippen LogP contribution in [0, 0.1) is 5.41 Å². The van der Waals surface area contributed by atoms with E-state index in [9.17, 15) is 8.42 Å². The van der Waals surface area contributed by atoms with Gasteiger partial charge in [-0.3, -0.25) is 0 Å². The summed E-state index contributed by atoms with van der Waals surface area (Å²) in [5.41, 5.74) is 0.0822. The lowest BCUT2D eigenvalue weighted by atomic mass is 9.82. The number of hydrogen-bond acceptors (Lipinski definition) is 3. The highest BCUT2D eigenvalue weighted by molar-refractivity contribution is 7.92.